The first-order chi connectivity index (χ1) is 13.1. The summed E-state index contributed by atoms with van der Waals surface area (Å²) in [7, 11) is 0. The summed E-state index contributed by atoms with van der Waals surface area (Å²) in [6.07, 6.45) is 7.90. The van der Waals surface area contributed by atoms with Crippen molar-refractivity contribution in [3.05, 3.63) is 83.4 Å². The van der Waals surface area contributed by atoms with E-state index < -0.39 is 0 Å². The zero-order chi connectivity index (χ0) is 20.3. The molecule has 0 aromatic heterocycles. The Morgan fingerprint density at radius 2 is 1.44 bits per heavy atom. The smallest absolute Gasteiger partial charge is 0.0433 e. The van der Waals surface area contributed by atoms with Gasteiger partial charge in [0.2, 0.25) is 0 Å². The van der Waals surface area contributed by atoms with Crippen molar-refractivity contribution in [1.82, 2.24) is 0 Å². The van der Waals surface area contributed by atoms with Gasteiger partial charge < -0.3 is 5.11 Å². The topological polar surface area (TPSA) is 20.2 Å². The van der Waals surface area contributed by atoms with Crippen LogP contribution in [0.2, 0.25) is 0 Å². The first kappa shape index (κ1) is 25.1. The van der Waals surface area contributed by atoms with Crippen LogP contribution in [0.1, 0.15) is 64.5 Å². The van der Waals surface area contributed by atoms with Gasteiger partial charge >= 0.3 is 0 Å². The zero-order valence-corrected chi connectivity index (χ0v) is 18.1. The summed E-state index contributed by atoms with van der Waals surface area (Å²) in [5.41, 5.74) is 4.23. The van der Waals surface area contributed by atoms with Crippen LogP contribution < -0.4 is 0 Å². The maximum absolute atomic E-state index is 8.86. The van der Waals surface area contributed by atoms with Crippen LogP contribution in [-0.2, 0) is 6.42 Å². The Morgan fingerprint density at radius 1 is 0.926 bits per heavy atom. The Bertz CT molecular complexity index is 542. The van der Waals surface area contributed by atoms with Crippen LogP contribution in [0.25, 0.3) is 0 Å². The molecule has 0 fully saturated rings. The van der Waals surface area contributed by atoms with E-state index in [1.807, 2.05) is 50.2 Å². The van der Waals surface area contributed by atoms with Gasteiger partial charge in [0.1, 0.15) is 0 Å². The minimum absolute atomic E-state index is 0.317. The summed E-state index contributed by atoms with van der Waals surface area (Å²) < 4.78 is 0. The van der Waals surface area contributed by atoms with Crippen LogP contribution in [0.4, 0.5) is 0 Å². The van der Waals surface area contributed by atoms with Crippen LogP contribution in [0.5, 0.6) is 0 Å². The monoisotopic (exact) mass is 368 g/mol. The van der Waals surface area contributed by atoms with Gasteiger partial charge in [0.15, 0.2) is 0 Å². The summed E-state index contributed by atoms with van der Waals surface area (Å²) in [5, 5.41) is 8.86. The van der Waals surface area contributed by atoms with Gasteiger partial charge in [0.05, 0.1) is 0 Å². The molecule has 0 heterocycles. The highest BCUT2D eigenvalue weighted by atomic mass is 16.3. The fourth-order valence-corrected chi connectivity index (χ4v) is 2.56. The Balaban J connectivity index is 0.000000702. The van der Waals surface area contributed by atoms with Crippen molar-refractivity contribution in [2.24, 2.45) is 5.92 Å². The average molecular weight is 369 g/mol. The van der Waals surface area contributed by atoms with Crippen molar-refractivity contribution in [2.75, 3.05) is 6.61 Å². The van der Waals surface area contributed by atoms with Crippen molar-refractivity contribution < 1.29 is 5.11 Å². The summed E-state index contributed by atoms with van der Waals surface area (Å²) in [6, 6.07) is 20.8. The fraction of sp³-hybridized carbons (Fsp3) is 0.462. The molecule has 0 aliphatic carbocycles. The van der Waals surface area contributed by atoms with Crippen molar-refractivity contribution in [1.29, 1.82) is 0 Å². The molecule has 1 unspecified atom stereocenters. The first-order valence-corrected chi connectivity index (χ1v) is 10.4. The van der Waals surface area contributed by atoms with Crippen molar-refractivity contribution >= 4 is 0 Å². The van der Waals surface area contributed by atoms with E-state index in [1.165, 1.54) is 23.1 Å². The lowest BCUT2D eigenvalue weighted by Crippen LogP contribution is -1.97. The number of aryl methyl sites for hydroxylation is 2. The predicted molar refractivity (Wildman–Crippen MR) is 121 cm³/mol. The third-order valence-corrected chi connectivity index (χ3v) is 4.37. The van der Waals surface area contributed by atoms with E-state index in [4.69, 9.17) is 5.11 Å². The van der Waals surface area contributed by atoms with Crippen LogP contribution in [0, 0.1) is 12.8 Å². The number of aliphatic hydroxyl groups excluding tert-OH is 1. The Kier molecular flexibility index (Phi) is 16.3. The summed E-state index contributed by atoms with van der Waals surface area (Å²) >= 11 is 0. The SMILES string of the molecule is C/C(=C\CCC(C)CCO)CCc1ccc(C)cc1.CC.c1ccccc1. The van der Waals surface area contributed by atoms with E-state index in [0.29, 0.717) is 12.5 Å². The van der Waals surface area contributed by atoms with Gasteiger partial charge in [-0.25, -0.2) is 0 Å². The van der Waals surface area contributed by atoms with E-state index >= 15 is 0 Å². The van der Waals surface area contributed by atoms with Crippen LogP contribution in [-0.4, -0.2) is 11.7 Å². The predicted octanol–water partition coefficient (Wildman–Crippen LogP) is 7.39. The largest absolute Gasteiger partial charge is 0.396 e. The van der Waals surface area contributed by atoms with E-state index in [9.17, 15) is 0 Å². The highest BCUT2D eigenvalue weighted by Crippen LogP contribution is 2.14. The second-order valence-corrected chi connectivity index (χ2v) is 6.89. The Labute approximate surface area is 168 Å². The Morgan fingerprint density at radius 3 is 1.93 bits per heavy atom. The Hall–Kier alpha value is -1.86. The first-order valence-electron chi connectivity index (χ1n) is 10.4. The summed E-state index contributed by atoms with van der Waals surface area (Å²) in [4.78, 5) is 0. The number of hydrogen-bond donors (Lipinski definition) is 1. The standard InChI is InChI=1S/C18H28O.C6H6.C2H6/c1-15(5-4-6-16(2)13-14-19)7-10-18-11-8-17(3)9-12-18;1-2-4-6-5-3-1;1-2/h5,8-9,11-12,16,19H,4,6-7,10,13-14H2,1-3H3;1-6H;1-2H3/b15-5+;;. The van der Waals surface area contributed by atoms with Crippen molar-refractivity contribution in [2.45, 2.75) is 66.7 Å². The number of hydrogen-bond acceptors (Lipinski definition) is 1. The molecule has 0 saturated carbocycles. The molecule has 0 aliphatic rings. The molecule has 1 heteroatoms. The van der Waals surface area contributed by atoms with E-state index in [-0.39, 0.29) is 0 Å². The lowest BCUT2D eigenvalue weighted by molar-refractivity contribution is 0.259. The molecule has 0 radical (unpaired) electrons. The van der Waals surface area contributed by atoms with Gasteiger partial charge in [0, 0.05) is 6.61 Å². The molecular formula is C26H40O. The normalized spacial score (nSPS) is 11.6. The molecule has 0 aliphatic heterocycles. The molecule has 2 aromatic rings. The molecule has 1 atom stereocenters. The lowest BCUT2D eigenvalue weighted by Gasteiger charge is -2.08. The van der Waals surface area contributed by atoms with Crippen molar-refractivity contribution in [3.8, 4) is 0 Å². The van der Waals surface area contributed by atoms with Gasteiger partial charge in [-0.15, -0.1) is 0 Å². The molecule has 0 spiro atoms. The second-order valence-electron chi connectivity index (χ2n) is 6.89. The molecule has 2 aromatic carbocycles. The van der Waals surface area contributed by atoms with Crippen LogP contribution in [0.15, 0.2) is 72.3 Å². The van der Waals surface area contributed by atoms with E-state index in [2.05, 4.69) is 51.1 Å². The van der Waals surface area contributed by atoms with E-state index in [1.54, 1.807) is 0 Å². The number of allylic oxidation sites excluding steroid dienone is 2. The summed E-state index contributed by atoms with van der Waals surface area (Å²) in [5.74, 6) is 0.631. The highest BCUT2D eigenvalue weighted by molar-refractivity contribution is 5.22. The van der Waals surface area contributed by atoms with E-state index in [0.717, 1.165) is 25.7 Å². The molecule has 150 valence electrons. The summed E-state index contributed by atoms with van der Waals surface area (Å²) in [6.45, 7) is 10.9. The molecule has 1 N–H and O–H groups in total. The molecule has 27 heavy (non-hydrogen) atoms. The minimum Gasteiger partial charge on any atom is -0.396 e. The molecular weight excluding hydrogens is 328 g/mol. The fourth-order valence-electron chi connectivity index (χ4n) is 2.56. The minimum atomic E-state index is 0.317. The molecule has 2 rings (SSSR count). The molecule has 0 saturated heterocycles. The van der Waals surface area contributed by atoms with Crippen LogP contribution in [0.3, 0.4) is 0 Å². The quantitative estimate of drug-likeness (QED) is 0.482. The number of aliphatic hydroxyl groups is 1. The zero-order valence-electron chi connectivity index (χ0n) is 18.1. The van der Waals surface area contributed by atoms with Gasteiger partial charge in [0.25, 0.3) is 0 Å². The molecule has 0 amide bonds. The second kappa shape index (κ2) is 17.5. The van der Waals surface area contributed by atoms with Crippen molar-refractivity contribution in [3.63, 3.8) is 0 Å². The number of rotatable bonds is 8. The van der Waals surface area contributed by atoms with Gasteiger partial charge in [-0.1, -0.05) is 98.6 Å². The van der Waals surface area contributed by atoms with Gasteiger partial charge in [-0.2, -0.15) is 0 Å². The third kappa shape index (κ3) is 14.9. The van der Waals surface area contributed by atoms with Gasteiger partial charge in [-0.05, 0) is 57.4 Å². The lowest BCUT2D eigenvalue weighted by atomic mass is 9.99. The van der Waals surface area contributed by atoms with Gasteiger partial charge in [-0.3, -0.25) is 0 Å². The average Bonchev–Trinajstić information content (AvgIpc) is 2.71. The molecule has 1 nitrogen and oxygen atoms in total. The maximum atomic E-state index is 8.86. The third-order valence-electron chi connectivity index (χ3n) is 4.37. The highest BCUT2D eigenvalue weighted by Gasteiger charge is 2.00. The molecule has 0 bridgehead atoms. The van der Waals surface area contributed by atoms with Crippen LogP contribution >= 0.6 is 0 Å². The number of benzene rings is 2. The maximum Gasteiger partial charge on any atom is 0.0433 e.